The van der Waals surface area contributed by atoms with Crippen molar-refractivity contribution in [2.24, 2.45) is 0 Å². The van der Waals surface area contributed by atoms with Gasteiger partial charge in [-0.3, -0.25) is 9.78 Å². The number of hydrogen-bond acceptors (Lipinski definition) is 5. The van der Waals surface area contributed by atoms with E-state index in [2.05, 4.69) is 15.3 Å². The summed E-state index contributed by atoms with van der Waals surface area (Å²) in [5, 5.41) is 12.0. The first kappa shape index (κ1) is 18.1. The molecule has 7 nitrogen and oxygen atoms in total. The molecular weight excluding hydrogens is 344 g/mol. The fourth-order valence-electron chi connectivity index (χ4n) is 2.48. The lowest BCUT2D eigenvalue weighted by atomic mass is 10.1. The first-order valence-electron chi connectivity index (χ1n) is 8.17. The number of benzene rings is 1. The maximum atomic E-state index is 11.9. The maximum Gasteiger partial charge on any atom is 0.337 e. The molecule has 0 fully saturated rings. The van der Waals surface area contributed by atoms with Gasteiger partial charge in [-0.2, -0.15) is 0 Å². The van der Waals surface area contributed by atoms with Crippen molar-refractivity contribution in [3.05, 3.63) is 72.2 Å². The van der Waals surface area contributed by atoms with Crippen LogP contribution in [0.2, 0.25) is 0 Å². The monoisotopic (exact) mass is 362 g/mol. The number of aromatic carboxylic acids is 1. The van der Waals surface area contributed by atoms with E-state index in [1.807, 2.05) is 18.2 Å². The molecule has 0 radical (unpaired) electrons. The van der Waals surface area contributed by atoms with Gasteiger partial charge in [-0.05, 0) is 35.9 Å². The standard InChI is InChI=1S/C20H18N4O3/c1-24(2)19(25)14-5-3-13(4-6-14)15-7-8-18(22-11-15)23-17-9-16(20(26)27)10-21-12-17/h3-12H,1-2H3,(H,22,23)(H,26,27). The fourth-order valence-corrected chi connectivity index (χ4v) is 2.48. The molecule has 0 aliphatic carbocycles. The third-order valence-corrected chi connectivity index (χ3v) is 3.89. The van der Waals surface area contributed by atoms with Crippen molar-refractivity contribution < 1.29 is 14.7 Å². The molecule has 1 amide bonds. The van der Waals surface area contributed by atoms with E-state index in [1.54, 1.807) is 38.5 Å². The Morgan fingerprint density at radius 1 is 0.926 bits per heavy atom. The summed E-state index contributed by atoms with van der Waals surface area (Å²) in [6, 6.07) is 12.5. The second-order valence-electron chi connectivity index (χ2n) is 6.10. The Labute approximate surface area is 156 Å². The number of aromatic nitrogens is 2. The van der Waals surface area contributed by atoms with Crippen LogP contribution in [0.15, 0.2) is 61.1 Å². The number of carbonyl (C=O) groups is 2. The van der Waals surface area contributed by atoms with E-state index in [9.17, 15) is 9.59 Å². The van der Waals surface area contributed by atoms with Crippen molar-refractivity contribution in [3.8, 4) is 11.1 Å². The third-order valence-electron chi connectivity index (χ3n) is 3.89. The highest BCUT2D eigenvalue weighted by atomic mass is 16.4. The molecule has 0 saturated heterocycles. The molecule has 27 heavy (non-hydrogen) atoms. The molecule has 3 aromatic rings. The zero-order chi connectivity index (χ0) is 19.4. The topological polar surface area (TPSA) is 95.4 Å². The maximum absolute atomic E-state index is 11.9. The van der Waals surface area contributed by atoms with Gasteiger partial charge in [0.2, 0.25) is 0 Å². The third kappa shape index (κ3) is 4.27. The summed E-state index contributed by atoms with van der Waals surface area (Å²) < 4.78 is 0. The smallest absolute Gasteiger partial charge is 0.337 e. The van der Waals surface area contributed by atoms with Crippen LogP contribution in [-0.2, 0) is 0 Å². The van der Waals surface area contributed by atoms with E-state index in [-0.39, 0.29) is 11.5 Å². The second kappa shape index (κ2) is 7.65. The minimum absolute atomic E-state index is 0.0450. The predicted octanol–water partition coefficient (Wildman–Crippen LogP) is 3.29. The van der Waals surface area contributed by atoms with E-state index in [4.69, 9.17) is 5.11 Å². The van der Waals surface area contributed by atoms with Crippen LogP contribution in [0.25, 0.3) is 11.1 Å². The lowest BCUT2D eigenvalue weighted by molar-refractivity contribution is 0.0696. The van der Waals surface area contributed by atoms with Crippen molar-refractivity contribution in [2.75, 3.05) is 19.4 Å². The lowest BCUT2D eigenvalue weighted by Gasteiger charge is -2.11. The average molecular weight is 362 g/mol. The summed E-state index contributed by atoms with van der Waals surface area (Å²) in [6.45, 7) is 0. The van der Waals surface area contributed by atoms with Crippen LogP contribution in [-0.4, -0.2) is 45.9 Å². The summed E-state index contributed by atoms with van der Waals surface area (Å²) in [5.41, 5.74) is 3.12. The highest BCUT2D eigenvalue weighted by Crippen LogP contribution is 2.22. The Hall–Kier alpha value is -3.74. The summed E-state index contributed by atoms with van der Waals surface area (Å²) in [5.74, 6) is -0.510. The van der Waals surface area contributed by atoms with Gasteiger partial charge in [0, 0.05) is 37.6 Å². The number of rotatable bonds is 5. The number of anilines is 2. The Morgan fingerprint density at radius 3 is 2.22 bits per heavy atom. The Kier molecular flexibility index (Phi) is 5.12. The van der Waals surface area contributed by atoms with Crippen LogP contribution in [0, 0.1) is 0 Å². The normalized spacial score (nSPS) is 10.3. The zero-order valence-electron chi connectivity index (χ0n) is 14.9. The Balaban J connectivity index is 1.74. The van der Waals surface area contributed by atoms with Crippen molar-refractivity contribution >= 4 is 23.4 Å². The van der Waals surface area contributed by atoms with E-state index in [1.165, 1.54) is 23.4 Å². The fraction of sp³-hybridized carbons (Fsp3) is 0.100. The molecular formula is C20H18N4O3. The van der Waals surface area contributed by atoms with Gasteiger partial charge in [0.25, 0.3) is 5.91 Å². The molecule has 0 saturated carbocycles. The molecule has 0 aliphatic rings. The van der Waals surface area contributed by atoms with E-state index in [0.29, 0.717) is 17.1 Å². The Bertz CT molecular complexity index is 967. The molecule has 136 valence electrons. The van der Waals surface area contributed by atoms with Crippen LogP contribution in [0.5, 0.6) is 0 Å². The zero-order valence-corrected chi connectivity index (χ0v) is 14.9. The number of carbonyl (C=O) groups excluding carboxylic acids is 1. The average Bonchev–Trinajstić information content (AvgIpc) is 2.68. The van der Waals surface area contributed by atoms with E-state index >= 15 is 0 Å². The van der Waals surface area contributed by atoms with Crippen LogP contribution in [0.1, 0.15) is 20.7 Å². The highest BCUT2D eigenvalue weighted by Gasteiger charge is 2.08. The quantitative estimate of drug-likeness (QED) is 0.723. The molecule has 0 unspecified atom stereocenters. The number of nitrogens with one attached hydrogen (secondary N) is 1. The molecule has 0 atom stereocenters. The van der Waals surface area contributed by atoms with Crippen molar-refractivity contribution in [2.45, 2.75) is 0 Å². The minimum atomic E-state index is -1.04. The number of hydrogen-bond donors (Lipinski definition) is 2. The van der Waals surface area contributed by atoms with Gasteiger partial charge in [0.15, 0.2) is 0 Å². The largest absolute Gasteiger partial charge is 0.478 e. The number of amides is 1. The lowest BCUT2D eigenvalue weighted by Crippen LogP contribution is -2.21. The summed E-state index contributed by atoms with van der Waals surface area (Å²) in [4.78, 5) is 32.7. The van der Waals surface area contributed by atoms with Gasteiger partial charge in [-0.1, -0.05) is 12.1 Å². The highest BCUT2D eigenvalue weighted by molar-refractivity contribution is 5.94. The van der Waals surface area contributed by atoms with Gasteiger partial charge in [-0.15, -0.1) is 0 Å². The summed E-state index contributed by atoms with van der Waals surface area (Å²) >= 11 is 0. The number of nitrogens with zero attached hydrogens (tertiary/aromatic N) is 3. The molecule has 0 aliphatic heterocycles. The van der Waals surface area contributed by atoms with Crippen LogP contribution >= 0.6 is 0 Å². The van der Waals surface area contributed by atoms with Crippen LogP contribution in [0.3, 0.4) is 0 Å². The summed E-state index contributed by atoms with van der Waals surface area (Å²) in [6.07, 6.45) is 4.52. The molecule has 0 bridgehead atoms. The van der Waals surface area contributed by atoms with Gasteiger partial charge in [0.1, 0.15) is 5.82 Å². The van der Waals surface area contributed by atoms with E-state index in [0.717, 1.165) is 11.1 Å². The van der Waals surface area contributed by atoms with E-state index < -0.39 is 5.97 Å². The van der Waals surface area contributed by atoms with Gasteiger partial charge < -0.3 is 15.3 Å². The molecule has 2 heterocycles. The first-order chi connectivity index (χ1) is 12.9. The summed E-state index contributed by atoms with van der Waals surface area (Å²) in [7, 11) is 3.43. The number of pyridine rings is 2. The molecule has 0 spiro atoms. The number of carboxylic acid groups (broad SMARTS) is 1. The van der Waals surface area contributed by atoms with Crippen LogP contribution < -0.4 is 5.32 Å². The number of carboxylic acids is 1. The molecule has 1 aromatic carbocycles. The Morgan fingerprint density at radius 2 is 1.63 bits per heavy atom. The molecule has 2 aromatic heterocycles. The predicted molar refractivity (Wildman–Crippen MR) is 102 cm³/mol. The van der Waals surface area contributed by atoms with Crippen molar-refractivity contribution in [1.82, 2.24) is 14.9 Å². The van der Waals surface area contributed by atoms with Gasteiger partial charge in [-0.25, -0.2) is 9.78 Å². The van der Waals surface area contributed by atoms with Gasteiger partial charge in [0.05, 0.1) is 17.4 Å². The van der Waals surface area contributed by atoms with Crippen molar-refractivity contribution in [3.63, 3.8) is 0 Å². The van der Waals surface area contributed by atoms with Gasteiger partial charge >= 0.3 is 5.97 Å². The van der Waals surface area contributed by atoms with Crippen LogP contribution in [0.4, 0.5) is 11.5 Å². The SMILES string of the molecule is CN(C)C(=O)c1ccc(-c2ccc(Nc3cncc(C(=O)O)c3)nc2)cc1. The first-order valence-corrected chi connectivity index (χ1v) is 8.17. The van der Waals surface area contributed by atoms with Crippen molar-refractivity contribution in [1.29, 1.82) is 0 Å². The molecule has 2 N–H and O–H groups in total. The molecule has 3 rings (SSSR count). The second-order valence-corrected chi connectivity index (χ2v) is 6.10. The molecule has 7 heteroatoms. The minimum Gasteiger partial charge on any atom is -0.478 e.